The maximum absolute atomic E-state index is 13.5. The van der Waals surface area contributed by atoms with Crippen LogP contribution in [0.1, 0.15) is 41.2 Å². The Labute approximate surface area is 175 Å². The van der Waals surface area contributed by atoms with Crippen LogP contribution in [-0.2, 0) is 0 Å². The van der Waals surface area contributed by atoms with Gasteiger partial charge >= 0.3 is 0 Å². The molecule has 156 valence electrons. The topological polar surface area (TPSA) is 62.5 Å². The first-order valence-corrected chi connectivity index (χ1v) is 10.2. The van der Waals surface area contributed by atoms with Gasteiger partial charge in [-0.1, -0.05) is 23.4 Å². The third-order valence-corrected chi connectivity index (χ3v) is 5.60. The number of carbonyl (C=O) groups is 1. The van der Waals surface area contributed by atoms with Crippen LogP contribution in [0, 0.1) is 12.7 Å². The van der Waals surface area contributed by atoms with Crippen LogP contribution in [0.5, 0.6) is 0 Å². The molecule has 0 spiro atoms. The molecule has 2 heterocycles. The Morgan fingerprint density at radius 2 is 1.90 bits per heavy atom. The minimum Gasteiger partial charge on any atom is -0.337 e. The Kier molecular flexibility index (Phi) is 5.90. The summed E-state index contributed by atoms with van der Waals surface area (Å²) in [4.78, 5) is 21.4. The molecule has 2 aromatic carbocycles. The summed E-state index contributed by atoms with van der Waals surface area (Å²) in [5.41, 5.74) is 1.99. The van der Waals surface area contributed by atoms with Crippen molar-refractivity contribution >= 4 is 5.91 Å². The van der Waals surface area contributed by atoms with E-state index >= 15 is 0 Å². The van der Waals surface area contributed by atoms with Crippen LogP contribution in [0.4, 0.5) is 4.39 Å². The Morgan fingerprint density at radius 3 is 2.67 bits per heavy atom. The monoisotopic (exact) mass is 408 g/mol. The minimum absolute atomic E-state index is 0.0665. The van der Waals surface area contributed by atoms with Crippen LogP contribution in [-0.4, -0.2) is 52.0 Å². The molecule has 30 heavy (non-hydrogen) atoms. The molecule has 1 amide bonds. The molecule has 1 aliphatic rings. The highest BCUT2D eigenvalue weighted by Gasteiger charge is 2.26. The number of aryl methyl sites for hydroxylation is 1. The standard InChI is InChI=1S/C23H25FN4O2/c1-16-15-19(9-10-20(16)24)21-25-22(30-26-21)17(2)27-11-6-12-28(14-13-27)23(29)18-7-4-3-5-8-18/h3-5,7-10,15,17H,6,11-14H2,1-2H3. The molecular weight excluding hydrogens is 383 g/mol. The van der Waals surface area contributed by atoms with Gasteiger partial charge < -0.3 is 9.42 Å². The summed E-state index contributed by atoms with van der Waals surface area (Å²) in [6.07, 6.45) is 0.876. The summed E-state index contributed by atoms with van der Waals surface area (Å²) in [6.45, 7) is 6.68. The van der Waals surface area contributed by atoms with Crippen LogP contribution in [0.25, 0.3) is 11.4 Å². The lowest BCUT2D eigenvalue weighted by atomic mass is 10.1. The fourth-order valence-electron chi connectivity index (χ4n) is 3.75. The van der Waals surface area contributed by atoms with E-state index in [2.05, 4.69) is 15.0 Å². The number of hydrogen-bond donors (Lipinski definition) is 0. The van der Waals surface area contributed by atoms with Crippen molar-refractivity contribution in [1.82, 2.24) is 19.9 Å². The molecule has 3 aromatic rings. The maximum Gasteiger partial charge on any atom is 0.253 e. The highest BCUT2D eigenvalue weighted by Crippen LogP contribution is 2.25. The zero-order valence-corrected chi connectivity index (χ0v) is 17.2. The van der Waals surface area contributed by atoms with Gasteiger partial charge in [0.25, 0.3) is 5.91 Å². The minimum atomic E-state index is -0.255. The van der Waals surface area contributed by atoms with Crippen molar-refractivity contribution in [3.63, 3.8) is 0 Å². The van der Waals surface area contributed by atoms with E-state index in [1.807, 2.05) is 42.2 Å². The van der Waals surface area contributed by atoms with E-state index < -0.39 is 0 Å². The van der Waals surface area contributed by atoms with Crippen molar-refractivity contribution in [2.24, 2.45) is 0 Å². The highest BCUT2D eigenvalue weighted by molar-refractivity contribution is 5.94. The second kappa shape index (κ2) is 8.75. The molecule has 0 N–H and O–H groups in total. The third-order valence-electron chi connectivity index (χ3n) is 5.60. The van der Waals surface area contributed by atoms with Crippen LogP contribution < -0.4 is 0 Å². The number of nitrogens with zero attached hydrogens (tertiary/aromatic N) is 4. The van der Waals surface area contributed by atoms with Gasteiger partial charge in [0.2, 0.25) is 11.7 Å². The molecule has 7 heteroatoms. The van der Waals surface area contributed by atoms with Crippen molar-refractivity contribution in [2.75, 3.05) is 26.2 Å². The number of benzene rings is 2. The Hall–Kier alpha value is -3.06. The molecule has 0 saturated carbocycles. The predicted octanol–water partition coefficient (Wildman–Crippen LogP) is 4.09. The van der Waals surface area contributed by atoms with Crippen molar-refractivity contribution in [3.8, 4) is 11.4 Å². The lowest BCUT2D eigenvalue weighted by Gasteiger charge is -2.25. The average Bonchev–Trinajstić information content (AvgIpc) is 3.13. The number of halogens is 1. The fraction of sp³-hybridized carbons (Fsp3) is 0.348. The van der Waals surface area contributed by atoms with E-state index in [1.165, 1.54) is 6.07 Å². The first-order valence-electron chi connectivity index (χ1n) is 10.2. The number of rotatable bonds is 4. The SMILES string of the molecule is Cc1cc(-c2noc(C(C)N3CCCN(C(=O)c4ccccc4)CC3)n2)ccc1F. The van der Waals surface area contributed by atoms with Crippen LogP contribution in [0.15, 0.2) is 53.1 Å². The van der Waals surface area contributed by atoms with Crippen LogP contribution >= 0.6 is 0 Å². The summed E-state index contributed by atoms with van der Waals surface area (Å²) < 4.78 is 19.0. The number of hydrogen-bond acceptors (Lipinski definition) is 5. The van der Waals surface area contributed by atoms with E-state index in [1.54, 1.807) is 19.1 Å². The smallest absolute Gasteiger partial charge is 0.253 e. The Bertz CT molecular complexity index is 1020. The molecule has 0 radical (unpaired) electrons. The summed E-state index contributed by atoms with van der Waals surface area (Å²) in [5.74, 6) is 0.789. The van der Waals surface area contributed by atoms with E-state index in [9.17, 15) is 9.18 Å². The van der Waals surface area contributed by atoms with Gasteiger partial charge in [0.1, 0.15) is 5.82 Å². The van der Waals surface area contributed by atoms with E-state index in [-0.39, 0.29) is 17.8 Å². The lowest BCUT2D eigenvalue weighted by molar-refractivity contribution is 0.0757. The van der Waals surface area contributed by atoms with Gasteiger partial charge in [0, 0.05) is 37.3 Å². The quantitative estimate of drug-likeness (QED) is 0.651. The van der Waals surface area contributed by atoms with Crippen molar-refractivity contribution < 1.29 is 13.7 Å². The molecule has 6 nitrogen and oxygen atoms in total. The molecule has 1 atom stereocenters. The van der Waals surface area contributed by atoms with Crippen molar-refractivity contribution in [2.45, 2.75) is 26.3 Å². The molecule has 1 aromatic heterocycles. The molecule has 0 aliphatic carbocycles. The van der Waals surface area contributed by atoms with Gasteiger partial charge in [-0.3, -0.25) is 9.69 Å². The number of amides is 1. The van der Waals surface area contributed by atoms with Crippen LogP contribution in [0.3, 0.4) is 0 Å². The molecule has 1 unspecified atom stereocenters. The normalized spacial score (nSPS) is 16.3. The van der Waals surface area contributed by atoms with Gasteiger partial charge in [-0.2, -0.15) is 4.98 Å². The van der Waals surface area contributed by atoms with Gasteiger partial charge in [-0.05, 0) is 56.2 Å². The molecule has 1 saturated heterocycles. The average molecular weight is 408 g/mol. The number of aromatic nitrogens is 2. The first kappa shape index (κ1) is 20.2. The summed E-state index contributed by atoms with van der Waals surface area (Å²) in [7, 11) is 0. The second-order valence-electron chi connectivity index (χ2n) is 7.64. The van der Waals surface area contributed by atoms with Crippen LogP contribution in [0.2, 0.25) is 0 Å². The van der Waals surface area contributed by atoms with E-state index in [4.69, 9.17) is 4.52 Å². The van der Waals surface area contributed by atoms with Gasteiger partial charge in [-0.25, -0.2) is 4.39 Å². The van der Waals surface area contributed by atoms with Crippen molar-refractivity contribution in [1.29, 1.82) is 0 Å². The molecule has 1 fully saturated rings. The Balaban J connectivity index is 1.43. The summed E-state index contributed by atoms with van der Waals surface area (Å²) >= 11 is 0. The number of carbonyl (C=O) groups excluding carboxylic acids is 1. The van der Waals surface area contributed by atoms with Gasteiger partial charge in [0.15, 0.2) is 0 Å². The van der Waals surface area contributed by atoms with Gasteiger partial charge in [-0.15, -0.1) is 0 Å². The van der Waals surface area contributed by atoms with Crippen molar-refractivity contribution in [3.05, 3.63) is 71.4 Å². The van der Waals surface area contributed by atoms with E-state index in [0.29, 0.717) is 23.8 Å². The second-order valence-corrected chi connectivity index (χ2v) is 7.64. The summed E-state index contributed by atoms with van der Waals surface area (Å²) in [5, 5.41) is 4.08. The maximum atomic E-state index is 13.5. The summed E-state index contributed by atoms with van der Waals surface area (Å²) in [6, 6.07) is 14.1. The zero-order chi connectivity index (χ0) is 21.1. The first-order chi connectivity index (χ1) is 14.5. The predicted molar refractivity (Wildman–Crippen MR) is 111 cm³/mol. The lowest BCUT2D eigenvalue weighted by Crippen LogP contribution is -2.36. The van der Waals surface area contributed by atoms with E-state index in [0.717, 1.165) is 37.2 Å². The third kappa shape index (κ3) is 4.26. The zero-order valence-electron chi connectivity index (χ0n) is 17.2. The molecule has 1 aliphatic heterocycles. The Morgan fingerprint density at radius 1 is 1.10 bits per heavy atom. The molecular formula is C23H25FN4O2. The highest BCUT2D eigenvalue weighted by atomic mass is 19.1. The molecule has 0 bridgehead atoms. The largest absolute Gasteiger partial charge is 0.337 e. The molecule has 4 rings (SSSR count). The van der Waals surface area contributed by atoms with Gasteiger partial charge in [0.05, 0.1) is 6.04 Å². The fourth-order valence-corrected chi connectivity index (χ4v) is 3.75.